The van der Waals surface area contributed by atoms with Crippen LogP contribution in [-0.4, -0.2) is 38.9 Å². The van der Waals surface area contributed by atoms with E-state index < -0.39 is 39.5 Å². The third-order valence-electron chi connectivity index (χ3n) is 9.29. The molecule has 0 fully saturated rings. The molecule has 4 aromatic rings. The predicted octanol–water partition coefficient (Wildman–Crippen LogP) is 5.85. The summed E-state index contributed by atoms with van der Waals surface area (Å²) in [4.78, 5) is 27.1. The fraction of sp³-hybridized carbons (Fsp3) is 0.211. The molecule has 7 rings (SSSR count). The number of nitrogens with zero attached hydrogens (tertiary/aromatic N) is 1. The van der Waals surface area contributed by atoms with Crippen molar-refractivity contribution in [1.82, 2.24) is 4.31 Å². The van der Waals surface area contributed by atoms with Crippen LogP contribution in [0.15, 0.2) is 102 Å². The third-order valence-corrected chi connectivity index (χ3v) is 11.2. The van der Waals surface area contributed by atoms with Crippen molar-refractivity contribution < 1.29 is 27.5 Å². The van der Waals surface area contributed by atoms with Crippen LogP contribution in [-0.2, 0) is 41.9 Å². The van der Waals surface area contributed by atoms with Crippen molar-refractivity contribution in [3.8, 4) is 23.0 Å². The second-order valence-electron chi connectivity index (χ2n) is 11.9. The first-order chi connectivity index (χ1) is 22.2. The summed E-state index contributed by atoms with van der Waals surface area (Å²) in [7, 11) is -1.45. The highest BCUT2D eigenvalue weighted by Crippen LogP contribution is 2.59. The van der Waals surface area contributed by atoms with E-state index in [1.807, 2.05) is 79.7 Å². The zero-order valence-corrected chi connectivity index (χ0v) is 26.4. The molecule has 0 amide bonds. The number of ether oxygens (including phenoxy) is 2. The Morgan fingerprint density at radius 2 is 1.33 bits per heavy atom. The molecular weight excluding hydrogens is 598 g/mol. The second kappa shape index (κ2) is 11.1. The van der Waals surface area contributed by atoms with E-state index in [2.05, 4.69) is 11.8 Å². The molecule has 230 valence electrons. The van der Waals surface area contributed by atoms with Gasteiger partial charge in [0.25, 0.3) is 0 Å². The van der Waals surface area contributed by atoms with E-state index in [0.29, 0.717) is 5.56 Å². The van der Waals surface area contributed by atoms with Crippen LogP contribution in [0.4, 0.5) is 0 Å². The van der Waals surface area contributed by atoms with Crippen LogP contribution in [0, 0.1) is 24.2 Å². The molecule has 0 unspecified atom stereocenters. The van der Waals surface area contributed by atoms with Gasteiger partial charge in [0.2, 0.25) is 10.0 Å². The molecule has 0 aromatic heterocycles. The van der Waals surface area contributed by atoms with Crippen molar-refractivity contribution in [3.05, 3.63) is 136 Å². The van der Waals surface area contributed by atoms with Crippen LogP contribution >= 0.6 is 0 Å². The summed E-state index contributed by atoms with van der Waals surface area (Å²) in [5.41, 5.74) is 5.51. The number of hydrogen-bond acceptors (Lipinski definition) is 6. The molecule has 2 heterocycles. The van der Waals surface area contributed by atoms with Crippen molar-refractivity contribution in [2.24, 2.45) is 5.41 Å². The number of sulfonamides is 1. The number of carbonyl (C=O) groups excluding carboxylic acids is 2. The number of rotatable bonds is 5. The average Bonchev–Trinajstić information content (AvgIpc) is 3.79. The number of carbonyl (C=O) groups is 2. The van der Waals surface area contributed by atoms with E-state index in [9.17, 15) is 18.0 Å². The zero-order chi connectivity index (χ0) is 32.2. The molecule has 0 saturated carbocycles. The topological polar surface area (TPSA) is 90.0 Å². The summed E-state index contributed by atoms with van der Waals surface area (Å²) in [5.74, 6) is 5.31. The lowest BCUT2D eigenvalue weighted by Gasteiger charge is -2.24. The smallest absolute Gasteiger partial charge is 0.323 e. The van der Waals surface area contributed by atoms with Gasteiger partial charge in [-0.3, -0.25) is 9.59 Å². The van der Waals surface area contributed by atoms with Gasteiger partial charge >= 0.3 is 11.9 Å². The van der Waals surface area contributed by atoms with Gasteiger partial charge in [-0.25, -0.2) is 8.42 Å². The molecule has 2 atom stereocenters. The first kappa shape index (κ1) is 29.7. The Hall–Kier alpha value is -4.97. The Bertz CT molecular complexity index is 2080. The molecule has 0 saturated heterocycles. The molecule has 8 heteroatoms. The quantitative estimate of drug-likeness (QED) is 0.119. The van der Waals surface area contributed by atoms with Gasteiger partial charge in [-0.2, -0.15) is 4.31 Å². The van der Waals surface area contributed by atoms with Crippen molar-refractivity contribution >= 4 is 22.0 Å². The van der Waals surface area contributed by atoms with Crippen LogP contribution in [0.1, 0.15) is 51.0 Å². The number of fused-ring (bicyclic) bond motifs is 7. The van der Waals surface area contributed by atoms with E-state index in [0.717, 1.165) is 44.5 Å². The Kier molecular flexibility index (Phi) is 7.19. The number of hydrogen-bond donors (Lipinski definition) is 0. The minimum absolute atomic E-state index is 0.00851. The Morgan fingerprint density at radius 1 is 0.761 bits per heavy atom. The lowest BCUT2D eigenvalue weighted by Crippen LogP contribution is -2.42. The van der Waals surface area contributed by atoms with Gasteiger partial charge in [0.1, 0.15) is 0 Å². The molecule has 0 radical (unpaired) electrons. The van der Waals surface area contributed by atoms with Gasteiger partial charge < -0.3 is 9.47 Å². The highest BCUT2D eigenvalue weighted by molar-refractivity contribution is 7.89. The van der Waals surface area contributed by atoms with Crippen LogP contribution in [0.3, 0.4) is 0 Å². The maximum absolute atomic E-state index is 14.4. The van der Waals surface area contributed by atoms with E-state index in [1.165, 1.54) is 14.2 Å². The minimum Gasteiger partial charge on any atom is -0.468 e. The van der Waals surface area contributed by atoms with E-state index in [4.69, 9.17) is 9.47 Å². The summed E-state index contributed by atoms with van der Waals surface area (Å²) in [6.45, 7) is 1.91. The Morgan fingerprint density at radius 3 is 1.93 bits per heavy atom. The molecule has 2 bridgehead atoms. The summed E-state index contributed by atoms with van der Waals surface area (Å²) in [6.07, 6.45) is 3.85. The number of esters is 2. The van der Waals surface area contributed by atoms with Gasteiger partial charge in [-0.15, -0.1) is 0 Å². The zero-order valence-electron chi connectivity index (χ0n) is 25.6. The highest BCUT2D eigenvalue weighted by Gasteiger charge is 2.58. The highest BCUT2D eigenvalue weighted by atomic mass is 32.2. The van der Waals surface area contributed by atoms with Gasteiger partial charge in [-0.05, 0) is 59.0 Å². The Balaban J connectivity index is 1.54. The van der Waals surface area contributed by atoms with Gasteiger partial charge in [0.05, 0.1) is 31.2 Å². The van der Waals surface area contributed by atoms with Crippen molar-refractivity contribution in [3.63, 3.8) is 0 Å². The van der Waals surface area contributed by atoms with Crippen LogP contribution in [0.5, 0.6) is 0 Å². The van der Waals surface area contributed by atoms with E-state index >= 15 is 0 Å². The van der Waals surface area contributed by atoms with Gasteiger partial charge in [-0.1, -0.05) is 90.2 Å². The third kappa shape index (κ3) is 4.42. The number of benzene rings is 4. The first-order valence-corrected chi connectivity index (χ1v) is 16.4. The second-order valence-corrected chi connectivity index (χ2v) is 13.7. The molecule has 3 aliphatic rings. The largest absolute Gasteiger partial charge is 0.468 e. The Labute approximate surface area is 268 Å². The number of methoxy groups -OCH3 is 2. The minimum atomic E-state index is -3.96. The maximum atomic E-state index is 14.4. The fourth-order valence-electron chi connectivity index (χ4n) is 7.20. The van der Waals surface area contributed by atoms with Crippen LogP contribution < -0.4 is 0 Å². The molecule has 46 heavy (non-hydrogen) atoms. The van der Waals surface area contributed by atoms with Gasteiger partial charge in [0.15, 0.2) is 5.41 Å². The van der Waals surface area contributed by atoms with Crippen LogP contribution in [0.25, 0.3) is 11.1 Å². The lowest BCUT2D eigenvalue weighted by atomic mass is 9.80. The van der Waals surface area contributed by atoms with Crippen molar-refractivity contribution in [2.45, 2.75) is 36.7 Å². The fourth-order valence-corrected chi connectivity index (χ4v) is 8.87. The van der Waals surface area contributed by atoms with Gasteiger partial charge in [0, 0.05) is 29.5 Å². The van der Waals surface area contributed by atoms with Crippen molar-refractivity contribution in [1.29, 1.82) is 0 Å². The lowest BCUT2D eigenvalue weighted by molar-refractivity contribution is -0.168. The molecule has 0 N–H and O–H groups in total. The predicted molar refractivity (Wildman–Crippen MR) is 173 cm³/mol. The number of aryl methyl sites for hydroxylation is 1. The summed E-state index contributed by atoms with van der Waals surface area (Å²) < 4.78 is 40.7. The molecule has 1 aliphatic carbocycles. The SMILES string of the molecule is COC(=O)C1(C(=O)OC)Cc2c(C#Cc3ccccc3)c(-c3ccccc3)c3c(c2C1)[C@@H]1C=C[C@H]3N1S(=O)(=O)c1ccc(C)cc1. The summed E-state index contributed by atoms with van der Waals surface area (Å²) in [5, 5.41) is 0. The standard InChI is InChI=1S/C38H31NO6S/c1-24-14-17-27(18-15-24)46(42,43)39-31-20-21-32(39)35-33(26-12-8-5-9-13-26)28(19-16-25-10-6-4-7-11-25)29-22-38(36(40)44-2,37(41)45-3)23-30(29)34(31)35/h4-15,17-18,20-21,31-32H,22-23H2,1-3H3/t31-,32+/m0/s1. The molecule has 0 spiro atoms. The van der Waals surface area contributed by atoms with E-state index in [-0.39, 0.29) is 17.7 Å². The van der Waals surface area contributed by atoms with Crippen LogP contribution in [0.2, 0.25) is 0 Å². The average molecular weight is 630 g/mol. The van der Waals surface area contributed by atoms with E-state index in [1.54, 1.807) is 28.6 Å². The molecule has 7 nitrogen and oxygen atoms in total. The monoisotopic (exact) mass is 629 g/mol. The normalized spacial score (nSPS) is 18.8. The molecule has 2 aliphatic heterocycles. The summed E-state index contributed by atoms with van der Waals surface area (Å²) in [6, 6.07) is 24.9. The molecular formula is C38H31NO6S. The molecule has 4 aromatic carbocycles. The first-order valence-electron chi connectivity index (χ1n) is 15.0. The van der Waals surface area contributed by atoms with Crippen molar-refractivity contribution in [2.75, 3.05) is 14.2 Å². The maximum Gasteiger partial charge on any atom is 0.323 e. The summed E-state index contributed by atoms with van der Waals surface area (Å²) >= 11 is 0.